The lowest BCUT2D eigenvalue weighted by Gasteiger charge is -2.28. The highest BCUT2D eigenvalue weighted by atomic mass is 35.5. The van der Waals surface area contributed by atoms with Gasteiger partial charge in [0.2, 0.25) is 0 Å². The maximum Gasteiger partial charge on any atom is 0.257 e. The van der Waals surface area contributed by atoms with Crippen LogP contribution in [0.5, 0.6) is 0 Å². The minimum absolute atomic E-state index is 0. The van der Waals surface area contributed by atoms with Crippen molar-refractivity contribution in [1.82, 2.24) is 5.32 Å². The van der Waals surface area contributed by atoms with Gasteiger partial charge in [-0.3, -0.25) is 4.79 Å². The molecule has 2 N–H and O–H groups in total. The molecule has 1 aliphatic heterocycles. The summed E-state index contributed by atoms with van der Waals surface area (Å²) < 4.78 is 13.1. The summed E-state index contributed by atoms with van der Waals surface area (Å²) >= 11 is 5.96. The maximum absolute atomic E-state index is 13.1. The van der Waals surface area contributed by atoms with E-state index in [1.165, 1.54) is 30.5 Å². The SMILES string of the molecule is C[C@@H]1C[C@H](Cc2cccc(NC(=O)c3ccc(F)cc3Cl)c2)CCN1.Cl. The van der Waals surface area contributed by atoms with E-state index in [4.69, 9.17) is 11.6 Å². The van der Waals surface area contributed by atoms with E-state index in [-0.39, 0.29) is 28.9 Å². The number of carbonyl (C=O) groups excluding carboxylic acids is 1. The Labute approximate surface area is 164 Å². The van der Waals surface area contributed by atoms with Crippen molar-refractivity contribution < 1.29 is 9.18 Å². The van der Waals surface area contributed by atoms with E-state index in [9.17, 15) is 9.18 Å². The molecule has 1 saturated heterocycles. The summed E-state index contributed by atoms with van der Waals surface area (Å²) in [5.41, 5.74) is 2.20. The Kier molecular flexibility index (Phi) is 7.44. The van der Waals surface area contributed by atoms with Crippen LogP contribution < -0.4 is 10.6 Å². The first-order chi connectivity index (χ1) is 12.0. The standard InChI is InChI=1S/C20H22ClFN2O.ClH/c1-13-9-15(7-8-23-13)10-14-3-2-4-17(11-14)24-20(25)18-6-5-16(22)12-19(18)21;/h2-6,11-13,15,23H,7-10H2,1H3,(H,24,25);1H/t13-,15-;/m1./s1. The second-order valence-electron chi connectivity index (χ2n) is 6.73. The van der Waals surface area contributed by atoms with Crippen LogP contribution in [0.1, 0.15) is 35.7 Å². The molecule has 2 aromatic carbocycles. The van der Waals surface area contributed by atoms with Gasteiger partial charge in [-0.2, -0.15) is 0 Å². The van der Waals surface area contributed by atoms with Crippen LogP contribution in [0.3, 0.4) is 0 Å². The Morgan fingerprint density at radius 1 is 1.31 bits per heavy atom. The topological polar surface area (TPSA) is 41.1 Å². The highest BCUT2D eigenvalue weighted by molar-refractivity contribution is 6.34. The molecule has 3 rings (SSSR count). The first-order valence-electron chi connectivity index (χ1n) is 8.60. The van der Waals surface area contributed by atoms with Gasteiger partial charge in [0, 0.05) is 11.7 Å². The number of hydrogen-bond acceptors (Lipinski definition) is 2. The van der Waals surface area contributed by atoms with E-state index in [1.54, 1.807) is 0 Å². The molecule has 3 nitrogen and oxygen atoms in total. The predicted molar refractivity (Wildman–Crippen MR) is 107 cm³/mol. The number of rotatable bonds is 4. The zero-order valence-electron chi connectivity index (χ0n) is 14.6. The monoisotopic (exact) mass is 396 g/mol. The number of piperidine rings is 1. The molecule has 140 valence electrons. The van der Waals surface area contributed by atoms with Gasteiger partial charge in [-0.1, -0.05) is 23.7 Å². The van der Waals surface area contributed by atoms with E-state index in [1.807, 2.05) is 18.2 Å². The third kappa shape index (κ3) is 5.44. The fourth-order valence-electron chi connectivity index (χ4n) is 3.40. The molecule has 0 saturated carbocycles. The van der Waals surface area contributed by atoms with Gasteiger partial charge in [-0.15, -0.1) is 12.4 Å². The van der Waals surface area contributed by atoms with Crippen LogP contribution in [0, 0.1) is 11.7 Å². The lowest BCUT2D eigenvalue weighted by molar-refractivity contribution is 0.102. The van der Waals surface area contributed by atoms with Crippen molar-refractivity contribution in [3.63, 3.8) is 0 Å². The summed E-state index contributed by atoms with van der Waals surface area (Å²) in [5.74, 6) is -0.133. The maximum atomic E-state index is 13.1. The molecule has 6 heteroatoms. The van der Waals surface area contributed by atoms with Gasteiger partial charge in [0.15, 0.2) is 0 Å². The average Bonchev–Trinajstić information content (AvgIpc) is 2.55. The number of halogens is 3. The van der Waals surface area contributed by atoms with Gasteiger partial charge in [-0.25, -0.2) is 4.39 Å². The summed E-state index contributed by atoms with van der Waals surface area (Å²) in [7, 11) is 0. The molecule has 1 aliphatic rings. The van der Waals surface area contributed by atoms with Gasteiger partial charge >= 0.3 is 0 Å². The molecule has 0 spiro atoms. The lowest BCUT2D eigenvalue weighted by Crippen LogP contribution is -2.36. The van der Waals surface area contributed by atoms with Crippen LogP contribution in [-0.4, -0.2) is 18.5 Å². The number of amides is 1. The molecule has 2 aromatic rings. The summed E-state index contributed by atoms with van der Waals surface area (Å²) in [6.45, 7) is 3.28. The van der Waals surface area contributed by atoms with Gasteiger partial charge in [0.05, 0.1) is 10.6 Å². The molecule has 0 bridgehead atoms. The second-order valence-corrected chi connectivity index (χ2v) is 7.14. The van der Waals surface area contributed by atoms with Gasteiger partial charge in [-0.05, 0) is 74.5 Å². The number of hydrogen-bond donors (Lipinski definition) is 2. The van der Waals surface area contributed by atoms with Crippen molar-refractivity contribution in [3.05, 3.63) is 64.4 Å². The molecule has 0 radical (unpaired) electrons. The van der Waals surface area contributed by atoms with Gasteiger partial charge in [0.1, 0.15) is 5.82 Å². The number of benzene rings is 2. The second kappa shape index (κ2) is 9.36. The largest absolute Gasteiger partial charge is 0.322 e. The minimum atomic E-state index is -0.459. The van der Waals surface area contributed by atoms with Crippen LogP contribution in [0.15, 0.2) is 42.5 Å². The van der Waals surface area contributed by atoms with E-state index in [0.717, 1.165) is 24.7 Å². The predicted octanol–water partition coefficient (Wildman–Crippen LogP) is 5.08. The number of nitrogens with one attached hydrogen (secondary N) is 2. The zero-order valence-corrected chi connectivity index (χ0v) is 16.2. The summed E-state index contributed by atoms with van der Waals surface area (Å²) in [6.07, 6.45) is 3.35. The van der Waals surface area contributed by atoms with E-state index in [0.29, 0.717) is 12.0 Å². The number of carbonyl (C=O) groups is 1. The summed E-state index contributed by atoms with van der Waals surface area (Å²) in [6, 6.07) is 12.2. The third-order valence-electron chi connectivity index (χ3n) is 4.62. The summed E-state index contributed by atoms with van der Waals surface area (Å²) in [5, 5.41) is 6.42. The van der Waals surface area contributed by atoms with Crippen LogP contribution in [0.4, 0.5) is 10.1 Å². The Balaban J connectivity index is 0.00000243. The van der Waals surface area contributed by atoms with Crippen molar-refractivity contribution in [2.75, 3.05) is 11.9 Å². The van der Waals surface area contributed by atoms with Crippen molar-refractivity contribution >= 4 is 35.6 Å². The Bertz CT molecular complexity index is 769. The van der Waals surface area contributed by atoms with Crippen LogP contribution in [-0.2, 0) is 6.42 Å². The van der Waals surface area contributed by atoms with Crippen molar-refractivity contribution in [3.8, 4) is 0 Å². The third-order valence-corrected chi connectivity index (χ3v) is 4.93. The fraction of sp³-hybridized carbons (Fsp3) is 0.350. The number of anilines is 1. The quantitative estimate of drug-likeness (QED) is 0.755. The van der Waals surface area contributed by atoms with E-state index < -0.39 is 5.82 Å². The van der Waals surface area contributed by atoms with Crippen molar-refractivity contribution in [1.29, 1.82) is 0 Å². The van der Waals surface area contributed by atoms with Crippen molar-refractivity contribution in [2.45, 2.75) is 32.2 Å². The average molecular weight is 397 g/mol. The van der Waals surface area contributed by atoms with E-state index in [2.05, 4.69) is 23.6 Å². The fourth-order valence-corrected chi connectivity index (χ4v) is 3.65. The van der Waals surface area contributed by atoms with Gasteiger partial charge < -0.3 is 10.6 Å². The Morgan fingerprint density at radius 3 is 2.85 bits per heavy atom. The minimum Gasteiger partial charge on any atom is -0.322 e. The molecule has 2 atom stereocenters. The van der Waals surface area contributed by atoms with Crippen molar-refractivity contribution in [2.24, 2.45) is 5.92 Å². The van der Waals surface area contributed by atoms with Crippen LogP contribution in [0.25, 0.3) is 0 Å². The molecular formula is C20H23Cl2FN2O. The molecular weight excluding hydrogens is 374 g/mol. The smallest absolute Gasteiger partial charge is 0.257 e. The van der Waals surface area contributed by atoms with Crippen LogP contribution >= 0.6 is 24.0 Å². The molecule has 0 aromatic heterocycles. The Morgan fingerprint density at radius 2 is 2.12 bits per heavy atom. The van der Waals surface area contributed by atoms with E-state index >= 15 is 0 Å². The highest BCUT2D eigenvalue weighted by Gasteiger charge is 2.18. The molecule has 0 unspecified atom stereocenters. The first kappa shape index (κ1) is 20.7. The molecule has 1 amide bonds. The normalized spacial score (nSPS) is 19.5. The lowest BCUT2D eigenvalue weighted by atomic mass is 9.87. The summed E-state index contributed by atoms with van der Waals surface area (Å²) in [4.78, 5) is 12.4. The van der Waals surface area contributed by atoms with Gasteiger partial charge in [0.25, 0.3) is 5.91 Å². The van der Waals surface area contributed by atoms with Crippen LogP contribution in [0.2, 0.25) is 5.02 Å². The first-order valence-corrected chi connectivity index (χ1v) is 8.98. The molecule has 1 fully saturated rings. The molecule has 26 heavy (non-hydrogen) atoms. The Hall–Kier alpha value is -1.62. The molecule has 1 heterocycles. The highest BCUT2D eigenvalue weighted by Crippen LogP contribution is 2.23. The molecule has 0 aliphatic carbocycles. The zero-order chi connectivity index (χ0) is 17.8.